The first kappa shape index (κ1) is 14.6. The zero-order valence-electron chi connectivity index (χ0n) is 8.38. The molecule has 10 heteroatoms. The Hall–Kier alpha value is -1.42. The minimum absolute atomic E-state index is 0.213. The Balaban J connectivity index is 2.95. The Kier molecular flexibility index (Phi) is 4.46. The predicted molar refractivity (Wildman–Crippen MR) is 64.3 cm³/mol. The molecule has 1 heterocycles. The molecule has 0 aliphatic heterocycles. The quantitative estimate of drug-likeness (QED) is 0.684. The van der Waals surface area contributed by atoms with Crippen molar-refractivity contribution >= 4 is 45.2 Å². The second-order valence-electron chi connectivity index (χ2n) is 2.91. The first-order chi connectivity index (χ1) is 8.20. The second-order valence-corrected chi connectivity index (χ2v) is 4.17. The lowest BCUT2D eigenvalue weighted by Gasteiger charge is -2.11. The zero-order chi connectivity index (χ0) is 13.9. The maximum atomic E-state index is 12.4. The average molecular weight is 344 g/mol. The van der Waals surface area contributed by atoms with E-state index in [1.54, 1.807) is 5.32 Å². The fourth-order valence-corrected chi connectivity index (χ4v) is 1.43. The number of alkyl halides is 3. The van der Waals surface area contributed by atoms with Gasteiger partial charge in [-0.1, -0.05) is 0 Å². The van der Waals surface area contributed by atoms with E-state index in [0.29, 0.717) is 0 Å². The van der Waals surface area contributed by atoms with Gasteiger partial charge < -0.3 is 10.4 Å². The summed E-state index contributed by atoms with van der Waals surface area (Å²) in [6.07, 6.45) is -6.03. The Morgan fingerprint density at radius 1 is 1.44 bits per heavy atom. The van der Waals surface area contributed by atoms with E-state index in [0.717, 1.165) is 12.1 Å². The van der Waals surface area contributed by atoms with E-state index in [-0.39, 0.29) is 15.4 Å². The van der Waals surface area contributed by atoms with Crippen LogP contribution in [-0.4, -0.2) is 21.3 Å². The molecule has 1 amide bonds. The highest BCUT2D eigenvalue weighted by atomic mass is 79.9. The highest BCUT2D eigenvalue weighted by molar-refractivity contribution is 9.10. The summed E-state index contributed by atoms with van der Waals surface area (Å²) in [6.45, 7) is 0. The molecule has 1 rings (SSSR count). The Morgan fingerprint density at radius 2 is 2.06 bits per heavy atom. The summed E-state index contributed by atoms with van der Waals surface area (Å²) in [5.74, 6) is -0.233. The summed E-state index contributed by atoms with van der Waals surface area (Å²) < 4.78 is 37.4. The van der Waals surface area contributed by atoms with Crippen molar-refractivity contribution in [2.75, 3.05) is 5.32 Å². The SMILES string of the molecule is O=C(O)NC(=S)Nc1nc(C(F)(F)F)ccc1Br. The van der Waals surface area contributed by atoms with Crippen molar-refractivity contribution in [3.63, 3.8) is 0 Å². The van der Waals surface area contributed by atoms with E-state index < -0.39 is 18.0 Å². The van der Waals surface area contributed by atoms with Crippen LogP contribution in [0.3, 0.4) is 0 Å². The normalized spacial score (nSPS) is 10.9. The molecule has 3 N–H and O–H groups in total. The number of rotatable bonds is 1. The lowest BCUT2D eigenvalue weighted by Crippen LogP contribution is -2.33. The van der Waals surface area contributed by atoms with E-state index in [4.69, 9.17) is 5.11 Å². The largest absolute Gasteiger partial charge is 0.465 e. The van der Waals surface area contributed by atoms with Crippen LogP contribution in [0.25, 0.3) is 0 Å². The number of carbonyl (C=O) groups is 1. The second kappa shape index (κ2) is 5.48. The Bertz CT molecular complexity index is 495. The van der Waals surface area contributed by atoms with Crippen molar-refractivity contribution in [1.29, 1.82) is 0 Å². The first-order valence-electron chi connectivity index (χ1n) is 4.25. The third-order valence-electron chi connectivity index (χ3n) is 1.59. The van der Waals surface area contributed by atoms with Crippen molar-refractivity contribution in [3.8, 4) is 0 Å². The Morgan fingerprint density at radius 3 is 2.56 bits per heavy atom. The smallest absolute Gasteiger partial charge is 0.433 e. The number of aromatic nitrogens is 1. The summed E-state index contributed by atoms with van der Waals surface area (Å²) in [5.41, 5.74) is -1.12. The number of nitrogens with one attached hydrogen (secondary N) is 2. The lowest BCUT2D eigenvalue weighted by atomic mass is 10.3. The van der Waals surface area contributed by atoms with Crippen molar-refractivity contribution < 1.29 is 23.1 Å². The molecule has 0 aromatic carbocycles. The Labute approximate surface area is 113 Å². The molecular formula is C8H5BrF3N3O2S. The fraction of sp³-hybridized carbons (Fsp3) is 0.125. The van der Waals surface area contributed by atoms with Crippen molar-refractivity contribution in [3.05, 3.63) is 22.3 Å². The van der Waals surface area contributed by atoms with Crippen LogP contribution in [0.2, 0.25) is 0 Å². The van der Waals surface area contributed by atoms with Crippen LogP contribution in [-0.2, 0) is 6.18 Å². The summed E-state index contributed by atoms with van der Waals surface area (Å²) >= 11 is 7.53. The molecule has 0 spiro atoms. The van der Waals surface area contributed by atoms with Gasteiger partial charge >= 0.3 is 12.3 Å². The molecule has 0 bridgehead atoms. The maximum Gasteiger partial charge on any atom is 0.433 e. The molecule has 0 radical (unpaired) electrons. The molecule has 0 aliphatic rings. The minimum atomic E-state index is -4.60. The van der Waals surface area contributed by atoms with Crippen molar-refractivity contribution in [2.45, 2.75) is 6.18 Å². The third kappa shape index (κ3) is 4.11. The van der Waals surface area contributed by atoms with Crippen molar-refractivity contribution in [2.24, 2.45) is 0 Å². The van der Waals surface area contributed by atoms with Crippen LogP contribution in [0.1, 0.15) is 5.69 Å². The molecule has 98 valence electrons. The minimum Gasteiger partial charge on any atom is -0.465 e. The van der Waals surface area contributed by atoms with Gasteiger partial charge in [0.05, 0.1) is 4.47 Å². The van der Waals surface area contributed by atoms with Gasteiger partial charge in [0.2, 0.25) is 0 Å². The van der Waals surface area contributed by atoms with Gasteiger partial charge in [0.25, 0.3) is 0 Å². The summed E-state index contributed by atoms with van der Waals surface area (Å²) in [6, 6.07) is 1.91. The molecule has 5 nitrogen and oxygen atoms in total. The van der Waals surface area contributed by atoms with E-state index >= 15 is 0 Å². The highest BCUT2D eigenvalue weighted by Gasteiger charge is 2.33. The number of nitrogens with zero attached hydrogens (tertiary/aromatic N) is 1. The van der Waals surface area contributed by atoms with Crippen molar-refractivity contribution in [1.82, 2.24) is 10.3 Å². The maximum absolute atomic E-state index is 12.4. The summed E-state index contributed by atoms with van der Waals surface area (Å²) in [4.78, 5) is 13.5. The lowest BCUT2D eigenvalue weighted by molar-refractivity contribution is -0.141. The number of hydrogen-bond donors (Lipinski definition) is 3. The molecular weight excluding hydrogens is 339 g/mol. The average Bonchev–Trinajstić information content (AvgIpc) is 2.18. The van der Waals surface area contributed by atoms with Crippen LogP contribution in [0, 0.1) is 0 Å². The van der Waals surface area contributed by atoms with Gasteiger partial charge in [-0.3, -0.25) is 5.32 Å². The van der Waals surface area contributed by atoms with Crippen LogP contribution < -0.4 is 10.6 Å². The summed E-state index contributed by atoms with van der Waals surface area (Å²) in [7, 11) is 0. The number of hydrogen-bond acceptors (Lipinski definition) is 3. The molecule has 18 heavy (non-hydrogen) atoms. The molecule has 0 saturated heterocycles. The standard InChI is InChI=1S/C8H5BrF3N3O2S/c9-3-1-2-4(8(10,11)12)13-5(3)14-6(18)15-7(16)17/h1-2H,(H,16,17)(H2,13,14,15,18). The van der Waals surface area contributed by atoms with E-state index in [2.05, 4.69) is 38.4 Å². The number of halogens is 4. The summed E-state index contributed by atoms with van der Waals surface area (Å²) in [5, 5.41) is 12.0. The van der Waals surface area contributed by atoms with Gasteiger partial charge in [-0.2, -0.15) is 13.2 Å². The van der Waals surface area contributed by atoms with E-state index in [1.165, 1.54) is 0 Å². The van der Waals surface area contributed by atoms with Gasteiger partial charge in [-0.15, -0.1) is 0 Å². The molecule has 0 fully saturated rings. The molecule has 0 saturated carbocycles. The topological polar surface area (TPSA) is 74.2 Å². The molecule has 0 aliphatic carbocycles. The monoisotopic (exact) mass is 343 g/mol. The first-order valence-corrected chi connectivity index (χ1v) is 5.45. The number of anilines is 1. The third-order valence-corrected chi connectivity index (χ3v) is 2.43. The number of pyridine rings is 1. The number of amides is 1. The van der Waals surface area contributed by atoms with Gasteiger partial charge in [-0.05, 0) is 40.3 Å². The van der Waals surface area contributed by atoms with Gasteiger partial charge in [0.15, 0.2) is 5.11 Å². The molecule has 0 atom stereocenters. The number of carboxylic acid groups (broad SMARTS) is 1. The van der Waals surface area contributed by atoms with Gasteiger partial charge in [0.1, 0.15) is 11.5 Å². The molecule has 1 aromatic rings. The predicted octanol–water partition coefficient (Wildman–Crippen LogP) is 2.83. The van der Waals surface area contributed by atoms with E-state index in [1.807, 2.05) is 0 Å². The molecule has 0 unspecified atom stereocenters. The van der Waals surface area contributed by atoms with Crippen LogP contribution in [0.15, 0.2) is 16.6 Å². The van der Waals surface area contributed by atoms with Crippen LogP contribution in [0.5, 0.6) is 0 Å². The molecule has 1 aromatic heterocycles. The van der Waals surface area contributed by atoms with E-state index in [9.17, 15) is 18.0 Å². The zero-order valence-corrected chi connectivity index (χ0v) is 10.8. The van der Waals surface area contributed by atoms with Gasteiger partial charge in [0, 0.05) is 0 Å². The van der Waals surface area contributed by atoms with Gasteiger partial charge in [-0.25, -0.2) is 9.78 Å². The number of thiocarbonyl (C=S) groups is 1. The van der Waals surface area contributed by atoms with Crippen LogP contribution >= 0.6 is 28.1 Å². The fourth-order valence-electron chi connectivity index (χ4n) is 0.924. The van der Waals surface area contributed by atoms with Crippen LogP contribution in [0.4, 0.5) is 23.8 Å². The highest BCUT2D eigenvalue weighted by Crippen LogP contribution is 2.30.